The molecule has 0 spiro atoms. The molecule has 1 amide bonds. The zero-order valence-electron chi connectivity index (χ0n) is 17.5. The third-order valence-corrected chi connectivity index (χ3v) is 5.45. The van der Waals surface area contributed by atoms with Crippen LogP contribution in [0, 0.1) is 5.21 Å². The summed E-state index contributed by atoms with van der Waals surface area (Å²) >= 11 is 0. The van der Waals surface area contributed by atoms with Gasteiger partial charge in [-0.2, -0.15) is 4.73 Å². The van der Waals surface area contributed by atoms with Crippen LogP contribution in [-0.2, 0) is 6.42 Å². The second-order valence-electron chi connectivity index (χ2n) is 7.41. The molecule has 8 heteroatoms. The van der Waals surface area contributed by atoms with Gasteiger partial charge in [-0.25, -0.2) is 9.97 Å². The fourth-order valence-corrected chi connectivity index (χ4v) is 3.90. The fraction of sp³-hybridized carbons (Fsp3) is 0.167. The fourth-order valence-electron chi connectivity index (χ4n) is 3.90. The molecule has 0 unspecified atom stereocenters. The number of pyridine rings is 3. The van der Waals surface area contributed by atoms with Crippen LogP contribution in [-0.4, -0.2) is 29.0 Å². The van der Waals surface area contributed by atoms with E-state index in [9.17, 15) is 10.0 Å². The molecule has 3 aromatic heterocycles. The highest BCUT2D eigenvalue weighted by atomic mass is 16.5. The van der Waals surface area contributed by atoms with Crippen LogP contribution >= 0.6 is 0 Å². The average molecular weight is 427 g/mol. The van der Waals surface area contributed by atoms with Gasteiger partial charge in [0.25, 0.3) is 5.91 Å². The molecule has 0 atom stereocenters. The Balaban J connectivity index is 1.38. The van der Waals surface area contributed by atoms with Crippen LogP contribution in [0.2, 0.25) is 0 Å². The third kappa shape index (κ3) is 3.45. The van der Waals surface area contributed by atoms with E-state index in [2.05, 4.69) is 15.3 Å². The van der Waals surface area contributed by atoms with Gasteiger partial charge in [0.1, 0.15) is 11.6 Å². The van der Waals surface area contributed by atoms with Crippen molar-refractivity contribution in [2.75, 3.05) is 23.4 Å². The summed E-state index contributed by atoms with van der Waals surface area (Å²) in [6, 6.07) is 14.5. The molecule has 1 aromatic carbocycles. The molecule has 160 valence electrons. The monoisotopic (exact) mass is 427 g/mol. The highest BCUT2D eigenvalue weighted by molar-refractivity contribution is 6.11. The number of nitrogens with one attached hydrogen (secondary N) is 1. The lowest BCUT2D eigenvalue weighted by Crippen LogP contribution is -2.26. The SMILES string of the molecule is CCN1c2ncccc2NC(=O)c2cc(CCOc3cc[n+]([O-])c4ccccc34)cnc21. The zero-order chi connectivity index (χ0) is 22.1. The second-order valence-corrected chi connectivity index (χ2v) is 7.41. The molecule has 0 radical (unpaired) electrons. The van der Waals surface area contributed by atoms with Crippen molar-refractivity contribution in [3.63, 3.8) is 0 Å². The quantitative estimate of drug-likeness (QED) is 0.386. The Hall–Kier alpha value is -4.20. The van der Waals surface area contributed by atoms with Gasteiger partial charge in [0.05, 0.1) is 23.2 Å². The topological polar surface area (TPSA) is 94.3 Å². The molecule has 0 aliphatic carbocycles. The molecule has 4 aromatic rings. The molecule has 0 saturated heterocycles. The number of carbonyl (C=O) groups is 1. The summed E-state index contributed by atoms with van der Waals surface area (Å²) in [7, 11) is 0. The summed E-state index contributed by atoms with van der Waals surface area (Å²) < 4.78 is 6.79. The predicted octanol–water partition coefficient (Wildman–Crippen LogP) is 3.61. The van der Waals surface area contributed by atoms with Crippen molar-refractivity contribution in [1.82, 2.24) is 9.97 Å². The van der Waals surface area contributed by atoms with Crippen molar-refractivity contribution in [3.05, 3.63) is 83.5 Å². The molecule has 0 fully saturated rings. The number of fused-ring (bicyclic) bond motifs is 3. The third-order valence-electron chi connectivity index (χ3n) is 5.45. The predicted molar refractivity (Wildman–Crippen MR) is 121 cm³/mol. The number of nitrogens with zero attached hydrogens (tertiary/aromatic N) is 4. The van der Waals surface area contributed by atoms with Crippen molar-refractivity contribution in [2.24, 2.45) is 0 Å². The average Bonchev–Trinajstić information content (AvgIpc) is 2.94. The Labute approximate surface area is 184 Å². The van der Waals surface area contributed by atoms with E-state index in [1.165, 1.54) is 6.20 Å². The Morgan fingerprint density at radius 1 is 1.12 bits per heavy atom. The summed E-state index contributed by atoms with van der Waals surface area (Å²) in [6.07, 6.45) is 5.47. The maximum absolute atomic E-state index is 12.9. The number of anilines is 3. The van der Waals surface area contributed by atoms with Crippen LogP contribution in [0.15, 0.2) is 67.1 Å². The van der Waals surface area contributed by atoms with Crippen molar-refractivity contribution < 1.29 is 14.3 Å². The van der Waals surface area contributed by atoms with E-state index < -0.39 is 0 Å². The van der Waals surface area contributed by atoms with Gasteiger partial charge in [-0.15, -0.1) is 0 Å². The Kier molecular flexibility index (Phi) is 5.03. The summed E-state index contributed by atoms with van der Waals surface area (Å²) in [5, 5.41) is 15.6. The van der Waals surface area contributed by atoms with Gasteiger partial charge in [0.2, 0.25) is 5.52 Å². The molecule has 4 heterocycles. The number of para-hydroxylation sites is 1. The number of carbonyl (C=O) groups excluding carboxylic acids is 1. The summed E-state index contributed by atoms with van der Waals surface area (Å²) in [5.74, 6) is 1.69. The van der Waals surface area contributed by atoms with E-state index in [1.807, 2.05) is 42.2 Å². The second kappa shape index (κ2) is 8.14. The van der Waals surface area contributed by atoms with E-state index in [0.717, 1.165) is 15.7 Å². The van der Waals surface area contributed by atoms with Crippen LogP contribution < -0.4 is 19.7 Å². The minimum Gasteiger partial charge on any atom is -0.618 e. The van der Waals surface area contributed by atoms with Gasteiger partial charge in [-0.05, 0) is 36.8 Å². The van der Waals surface area contributed by atoms with Gasteiger partial charge in [-0.1, -0.05) is 12.1 Å². The minimum atomic E-state index is -0.213. The first-order valence-electron chi connectivity index (χ1n) is 10.4. The molecule has 8 nitrogen and oxygen atoms in total. The molecule has 1 N–H and O–H groups in total. The number of hydrogen-bond donors (Lipinski definition) is 1. The highest BCUT2D eigenvalue weighted by Gasteiger charge is 2.26. The first kappa shape index (κ1) is 19.7. The molecular weight excluding hydrogens is 406 g/mol. The highest BCUT2D eigenvalue weighted by Crippen LogP contribution is 2.34. The van der Waals surface area contributed by atoms with E-state index in [0.29, 0.717) is 53.7 Å². The van der Waals surface area contributed by atoms with E-state index >= 15 is 0 Å². The summed E-state index contributed by atoms with van der Waals surface area (Å²) in [5.41, 5.74) is 2.60. The minimum absolute atomic E-state index is 0.213. The first-order chi connectivity index (χ1) is 15.7. The maximum atomic E-state index is 12.9. The van der Waals surface area contributed by atoms with Crippen molar-refractivity contribution >= 4 is 34.1 Å². The van der Waals surface area contributed by atoms with Gasteiger partial charge in [-0.3, -0.25) is 4.79 Å². The van der Waals surface area contributed by atoms with E-state index in [-0.39, 0.29) is 5.91 Å². The molecule has 5 rings (SSSR count). The first-order valence-corrected chi connectivity index (χ1v) is 10.4. The van der Waals surface area contributed by atoms with Gasteiger partial charge in [0.15, 0.2) is 12.0 Å². The number of benzene rings is 1. The lowest BCUT2D eigenvalue weighted by Gasteiger charge is -2.21. The largest absolute Gasteiger partial charge is 0.618 e. The lowest BCUT2D eigenvalue weighted by atomic mass is 10.1. The van der Waals surface area contributed by atoms with Crippen LogP contribution in [0.1, 0.15) is 22.8 Å². The molecular formula is C24H21N5O3. The van der Waals surface area contributed by atoms with Crippen molar-refractivity contribution in [3.8, 4) is 5.75 Å². The number of ether oxygens (including phenoxy) is 1. The standard InChI is InChI=1S/C24H21N5O3/c1-2-28-22-18(24(30)27-19-7-5-11-25-23(19)28)14-16(15-26-22)10-13-32-21-9-12-29(31)20-8-4-3-6-17(20)21/h3-9,11-12,14-15H,2,10,13H2,1H3,(H,27,30). The molecule has 0 bridgehead atoms. The molecule has 1 aliphatic rings. The van der Waals surface area contributed by atoms with Gasteiger partial charge >= 0.3 is 0 Å². The van der Waals surface area contributed by atoms with Crippen LogP contribution in [0.5, 0.6) is 5.75 Å². The van der Waals surface area contributed by atoms with E-state index in [4.69, 9.17) is 4.74 Å². The Bertz CT molecular complexity index is 1320. The number of amides is 1. The van der Waals surface area contributed by atoms with Gasteiger partial charge in [0, 0.05) is 37.5 Å². The number of aromatic nitrogens is 3. The number of hydrogen-bond acceptors (Lipinski definition) is 6. The van der Waals surface area contributed by atoms with E-state index in [1.54, 1.807) is 30.6 Å². The summed E-state index contributed by atoms with van der Waals surface area (Å²) in [4.78, 5) is 23.8. The van der Waals surface area contributed by atoms with Crippen molar-refractivity contribution in [1.29, 1.82) is 0 Å². The Morgan fingerprint density at radius 2 is 2.00 bits per heavy atom. The van der Waals surface area contributed by atoms with Crippen LogP contribution in [0.3, 0.4) is 0 Å². The smallest absolute Gasteiger partial charge is 0.259 e. The Morgan fingerprint density at radius 3 is 2.88 bits per heavy atom. The molecule has 0 saturated carbocycles. The molecule has 32 heavy (non-hydrogen) atoms. The zero-order valence-corrected chi connectivity index (χ0v) is 17.5. The van der Waals surface area contributed by atoms with Crippen LogP contribution in [0.4, 0.5) is 17.3 Å². The summed E-state index contributed by atoms with van der Waals surface area (Å²) in [6.45, 7) is 3.01. The normalized spacial score (nSPS) is 12.7. The number of rotatable bonds is 5. The van der Waals surface area contributed by atoms with Crippen molar-refractivity contribution in [2.45, 2.75) is 13.3 Å². The molecule has 1 aliphatic heterocycles. The van der Waals surface area contributed by atoms with Crippen LogP contribution in [0.25, 0.3) is 10.9 Å². The lowest BCUT2D eigenvalue weighted by molar-refractivity contribution is -0.577. The maximum Gasteiger partial charge on any atom is 0.259 e. The van der Waals surface area contributed by atoms with Gasteiger partial charge < -0.3 is 20.2 Å².